The number of nitrogens with one attached hydrogen (secondary N) is 1. The van der Waals surface area contributed by atoms with Gasteiger partial charge in [-0.15, -0.1) is 0 Å². The number of benzene rings is 1. The smallest absolute Gasteiger partial charge is 0.0240 e. The standard InChI is InChI=1S/C12H16N2/c1-2-4-10(5-3-1)8-14-9-11-6-12(14)7-13-11/h1-5,11-13H,6-9H2/t11-,12+/m0/s1. The second kappa shape index (κ2) is 3.37. The third-order valence-electron chi connectivity index (χ3n) is 3.40. The van der Waals surface area contributed by atoms with Crippen molar-refractivity contribution < 1.29 is 0 Å². The average molecular weight is 188 g/mol. The van der Waals surface area contributed by atoms with Gasteiger partial charge in [0.1, 0.15) is 0 Å². The highest BCUT2D eigenvalue weighted by molar-refractivity contribution is 5.15. The van der Waals surface area contributed by atoms with Crippen LogP contribution < -0.4 is 5.32 Å². The summed E-state index contributed by atoms with van der Waals surface area (Å²) in [5.74, 6) is 0. The minimum absolute atomic E-state index is 0.767. The van der Waals surface area contributed by atoms with E-state index in [0.29, 0.717) is 0 Å². The van der Waals surface area contributed by atoms with Gasteiger partial charge in [0.2, 0.25) is 0 Å². The maximum atomic E-state index is 3.53. The summed E-state index contributed by atoms with van der Waals surface area (Å²) in [6, 6.07) is 12.3. The molecule has 2 atom stereocenters. The van der Waals surface area contributed by atoms with E-state index in [4.69, 9.17) is 0 Å². The quantitative estimate of drug-likeness (QED) is 0.751. The first-order valence-electron chi connectivity index (χ1n) is 5.43. The molecule has 74 valence electrons. The predicted octanol–water partition coefficient (Wildman–Crippen LogP) is 1.23. The Morgan fingerprint density at radius 1 is 1.29 bits per heavy atom. The van der Waals surface area contributed by atoms with E-state index in [2.05, 4.69) is 40.5 Å². The fourth-order valence-electron chi connectivity index (χ4n) is 2.66. The molecule has 2 aliphatic heterocycles. The molecule has 2 bridgehead atoms. The molecule has 2 heteroatoms. The maximum Gasteiger partial charge on any atom is 0.0240 e. The molecule has 1 aromatic rings. The van der Waals surface area contributed by atoms with Crippen LogP contribution in [0.5, 0.6) is 0 Å². The molecular weight excluding hydrogens is 172 g/mol. The Labute approximate surface area is 84.9 Å². The van der Waals surface area contributed by atoms with E-state index in [0.717, 1.165) is 18.6 Å². The Morgan fingerprint density at radius 3 is 2.79 bits per heavy atom. The molecule has 0 aliphatic carbocycles. The van der Waals surface area contributed by atoms with E-state index in [1.54, 1.807) is 0 Å². The van der Waals surface area contributed by atoms with Gasteiger partial charge in [0, 0.05) is 31.7 Å². The van der Waals surface area contributed by atoms with Crippen molar-refractivity contribution in [2.75, 3.05) is 13.1 Å². The Kier molecular flexibility index (Phi) is 2.03. The van der Waals surface area contributed by atoms with Crippen molar-refractivity contribution in [2.24, 2.45) is 0 Å². The molecule has 2 fully saturated rings. The SMILES string of the molecule is c1ccc(CN2C[C@@H]3C[C@@H]2CN3)cc1. The summed E-state index contributed by atoms with van der Waals surface area (Å²) in [6.07, 6.45) is 1.35. The Bertz CT molecular complexity index is 309. The second-order valence-electron chi connectivity index (χ2n) is 4.41. The van der Waals surface area contributed by atoms with E-state index < -0.39 is 0 Å². The van der Waals surface area contributed by atoms with Crippen LogP contribution in [0.1, 0.15) is 12.0 Å². The lowest BCUT2D eigenvalue weighted by Crippen LogP contribution is -2.42. The number of hydrogen-bond acceptors (Lipinski definition) is 2. The zero-order valence-corrected chi connectivity index (χ0v) is 8.32. The van der Waals surface area contributed by atoms with Gasteiger partial charge in [0.15, 0.2) is 0 Å². The lowest BCUT2D eigenvalue weighted by molar-refractivity contribution is 0.218. The van der Waals surface area contributed by atoms with E-state index in [-0.39, 0.29) is 0 Å². The molecule has 0 radical (unpaired) electrons. The minimum atomic E-state index is 0.767. The summed E-state index contributed by atoms with van der Waals surface area (Å²) >= 11 is 0. The molecule has 1 aromatic carbocycles. The second-order valence-corrected chi connectivity index (χ2v) is 4.41. The number of nitrogens with zero attached hydrogens (tertiary/aromatic N) is 1. The first kappa shape index (κ1) is 8.45. The van der Waals surface area contributed by atoms with Crippen LogP contribution in [0.3, 0.4) is 0 Å². The number of rotatable bonds is 2. The summed E-state index contributed by atoms with van der Waals surface area (Å²) in [5, 5.41) is 3.53. The highest BCUT2D eigenvalue weighted by Crippen LogP contribution is 2.24. The Morgan fingerprint density at radius 2 is 2.14 bits per heavy atom. The van der Waals surface area contributed by atoms with Crippen LogP contribution in [0.4, 0.5) is 0 Å². The van der Waals surface area contributed by atoms with Crippen LogP contribution in [0.15, 0.2) is 30.3 Å². The van der Waals surface area contributed by atoms with Crippen LogP contribution in [0.2, 0.25) is 0 Å². The third-order valence-corrected chi connectivity index (χ3v) is 3.40. The van der Waals surface area contributed by atoms with Crippen molar-refractivity contribution in [3.8, 4) is 0 Å². The Hall–Kier alpha value is -0.860. The lowest BCUT2D eigenvalue weighted by atomic mass is 10.2. The molecule has 0 unspecified atom stereocenters. The fraction of sp³-hybridized carbons (Fsp3) is 0.500. The monoisotopic (exact) mass is 188 g/mol. The van der Waals surface area contributed by atoms with Gasteiger partial charge in [-0.3, -0.25) is 4.90 Å². The van der Waals surface area contributed by atoms with Gasteiger partial charge in [0.05, 0.1) is 0 Å². The van der Waals surface area contributed by atoms with Gasteiger partial charge in [-0.25, -0.2) is 0 Å². The highest BCUT2D eigenvalue weighted by atomic mass is 15.3. The molecule has 0 spiro atoms. The van der Waals surface area contributed by atoms with Crippen molar-refractivity contribution >= 4 is 0 Å². The number of fused-ring (bicyclic) bond motifs is 2. The fourth-order valence-corrected chi connectivity index (χ4v) is 2.66. The van der Waals surface area contributed by atoms with Crippen molar-refractivity contribution in [1.29, 1.82) is 0 Å². The molecule has 2 nitrogen and oxygen atoms in total. The van der Waals surface area contributed by atoms with Crippen LogP contribution in [-0.2, 0) is 6.54 Å². The summed E-state index contributed by atoms with van der Waals surface area (Å²) in [7, 11) is 0. The third kappa shape index (κ3) is 1.45. The average Bonchev–Trinajstić information content (AvgIpc) is 2.81. The van der Waals surface area contributed by atoms with Gasteiger partial charge < -0.3 is 5.32 Å². The van der Waals surface area contributed by atoms with Crippen molar-refractivity contribution in [3.63, 3.8) is 0 Å². The maximum absolute atomic E-state index is 3.53. The molecule has 1 N–H and O–H groups in total. The molecule has 0 amide bonds. The van der Waals surface area contributed by atoms with Crippen molar-refractivity contribution in [3.05, 3.63) is 35.9 Å². The Balaban J connectivity index is 1.69. The summed E-state index contributed by atoms with van der Waals surface area (Å²) < 4.78 is 0. The molecule has 0 saturated carbocycles. The molecular formula is C12H16N2. The minimum Gasteiger partial charge on any atom is -0.311 e. The van der Waals surface area contributed by atoms with Crippen LogP contribution in [0, 0.1) is 0 Å². The molecule has 0 aromatic heterocycles. The number of likely N-dealkylation sites (tertiary alicyclic amines) is 1. The zero-order valence-electron chi connectivity index (χ0n) is 8.32. The molecule has 3 rings (SSSR count). The van der Waals surface area contributed by atoms with Crippen molar-refractivity contribution in [1.82, 2.24) is 10.2 Å². The van der Waals surface area contributed by atoms with Gasteiger partial charge in [-0.2, -0.15) is 0 Å². The molecule has 2 saturated heterocycles. The first-order chi connectivity index (χ1) is 6.92. The predicted molar refractivity (Wildman–Crippen MR) is 57.0 cm³/mol. The number of hydrogen-bond donors (Lipinski definition) is 1. The van der Waals surface area contributed by atoms with Crippen LogP contribution in [0.25, 0.3) is 0 Å². The van der Waals surface area contributed by atoms with Crippen molar-refractivity contribution in [2.45, 2.75) is 25.0 Å². The summed E-state index contributed by atoms with van der Waals surface area (Å²) in [6.45, 7) is 3.56. The van der Waals surface area contributed by atoms with E-state index in [1.807, 2.05) is 0 Å². The zero-order chi connectivity index (χ0) is 9.38. The molecule has 2 aliphatic rings. The van der Waals surface area contributed by atoms with Gasteiger partial charge in [-0.05, 0) is 12.0 Å². The van der Waals surface area contributed by atoms with Crippen LogP contribution in [-0.4, -0.2) is 30.1 Å². The molecule has 2 heterocycles. The summed E-state index contributed by atoms with van der Waals surface area (Å²) in [4.78, 5) is 2.61. The van der Waals surface area contributed by atoms with Gasteiger partial charge >= 0.3 is 0 Å². The highest BCUT2D eigenvalue weighted by Gasteiger charge is 2.36. The number of piperazine rings is 1. The topological polar surface area (TPSA) is 15.3 Å². The first-order valence-corrected chi connectivity index (χ1v) is 5.43. The normalized spacial score (nSPS) is 31.1. The molecule has 14 heavy (non-hydrogen) atoms. The van der Waals surface area contributed by atoms with E-state index in [1.165, 1.54) is 25.1 Å². The van der Waals surface area contributed by atoms with E-state index in [9.17, 15) is 0 Å². The lowest BCUT2D eigenvalue weighted by Gasteiger charge is -2.27. The van der Waals surface area contributed by atoms with Gasteiger partial charge in [-0.1, -0.05) is 30.3 Å². The van der Waals surface area contributed by atoms with Gasteiger partial charge in [0.25, 0.3) is 0 Å². The largest absolute Gasteiger partial charge is 0.311 e. The van der Waals surface area contributed by atoms with Crippen LogP contribution >= 0.6 is 0 Å². The van der Waals surface area contributed by atoms with E-state index >= 15 is 0 Å². The summed E-state index contributed by atoms with van der Waals surface area (Å²) in [5.41, 5.74) is 1.44.